The van der Waals surface area contributed by atoms with Gasteiger partial charge in [-0.2, -0.15) is 0 Å². The highest BCUT2D eigenvalue weighted by molar-refractivity contribution is 5.79. The molecule has 0 fully saturated rings. The van der Waals surface area contributed by atoms with E-state index in [1.807, 2.05) is 51.1 Å². The quantitative estimate of drug-likeness (QED) is 0.869. The molecule has 0 aliphatic heterocycles. The highest BCUT2D eigenvalue weighted by Gasteiger charge is 2.26. The number of hydrogen-bond acceptors (Lipinski definition) is 3. The molecule has 0 saturated heterocycles. The van der Waals surface area contributed by atoms with Gasteiger partial charge in [0.05, 0.1) is 0 Å². The molecule has 5 heteroatoms. The maximum absolute atomic E-state index is 11.6. The lowest BCUT2D eigenvalue weighted by Gasteiger charge is -2.23. The molecule has 20 heavy (non-hydrogen) atoms. The molecule has 0 bridgehead atoms. The number of aliphatic carboxylic acids is 1. The maximum atomic E-state index is 11.6. The van der Waals surface area contributed by atoms with Gasteiger partial charge in [-0.05, 0) is 17.4 Å². The first-order valence-electron chi connectivity index (χ1n) is 6.48. The van der Waals surface area contributed by atoms with E-state index in [1.165, 1.54) is 0 Å². The molecule has 1 aromatic rings. The maximum Gasteiger partial charge on any atom is 0.408 e. The molecule has 1 aromatic carbocycles. The summed E-state index contributed by atoms with van der Waals surface area (Å²) in [4.78, 5) is 22.7. The Kier molecular flexibility index (Phi) is 5.55. The minimum Gasteiger partial charge on any atom is -0.480 e. The molecule has 0 aliphatic carbocycles. The Morgan fingerprint density at radius 1 is 1.25 bits per heavy atom. The number of carboxylic acid groups (broad SMARTS) is 1. The van der Waals surface area contributed by atoms with E-state index < -0.39 is 18.1 Å². The first-order chi connectivity index (χ1) is 9.28. The Morgan fingerprint density at radius 2 is 1.85 bits per heavy atom. The molecule has 0 saturated carbocycles. The van der Waals surface area contributed by atoms with Gasteiger partial charge in [-0.1, -0.05) is 51.1 Å². The summed E-state index contributed by atoms with van der Waals surface area (Å²) >= 11 is 0. The van der Waals surface area contributed by atoms with Crippen LogP contribution in [0.3, 0.4) is 0 Å². The summed E-state index contributed by atoms with van der Waals surface area (Å²) in [7, 11) is 0. The molecule has 1 unspecified atom stereocenters. The first kappa shape index (κ1) is 16.0. The van der Waals surface area contributed by atoms with Crippen LogP contribution in [-0.4, -0.2) is 23.2 Å². The molecular formula is C15H21NO4. The second-order valence-corrected chi connectivity index (χ2v) is 5.86. The summed E-state index contributed by atoms with van der Waals surface area (Å²) in [5.74, 6) is -1.06. The fourth-order valence-corrected chi connectivity index (χ4v) is 1.72. The molecule has 1 amide bonds. The Morgan fingerprint density at radius 3 is 2.35 bits per heavy atom. The van der Waals surface area contributed by atoms with E-state index in [4.69, 9.17) is 9.84 Å². The Balaban J connectivity index is 2.48. The van der Waals surface area contributed by atoms with Crippen LogP contribution in [0, 0.1) is 5.41 Å². The molecule has 1 atom stereocenters. The standard InChI is InChI=1S/C15H21NO4/c1-15(2,3)9-12(13(17)18)16-14(19)20-10-11-7-5-4-6-8-11/h4-8,12H,9-10H2,1-3H3,(H,16,19)(H,17,18). The van der Waals surface area contributed by atoms with Crippen LogP contribution >= 0.6 is 0 Å². The zero-order valence-electron chi connectivity index (χ0n) is 12.1. The molecule has 0 heterocycles. The number of benzene rings is 1. The predicted molar refractivity (Wildman–Crippen MR) is 75.3 cm³/mol. The van der Waals surface area contributed by atoms with Crippen LogP contribution in [0.1, 0.15) is 32.8 Å². The van der Waals surface area contributed by atoms with Crippen LogP contribution in [0.25, 0.3) is 0 Å². The van der Waals surface area contributed by atoms with Crippen LogP contribution in [-0.2, 0) is 16.1 Å². The van der Waals surface area contributed by atoms with Crippen molar-refractivity contribution in [3.8, 4) is 0 Å². The molecular weight excluding hydrogens is 258 g/mol. The number of carbonyl (C=O) groups excluding carboxylic acids is 1. The highest BCUT2D eigenvalue weighted by Crippen LogP contribution is 2.21. The van der Waals surface area contributed by atoms with Gasteiger partial charge in [0.1, 0.15) is 12.6 Å². The van der Waals surface area contributed by atoms with E-state index in [0.29, 0.717) is 6.42 Å². The number of ether oxygens (including phenoxy) is 1. The third kappa shape index (κ3) is 6.22. The van der Waals surface area contributed by atoms with E-state index in [-0.39, 0.29) is 12.0 Å². The van der Waals surface area contributed by atoms with E-state index in [2.05, 4.69) is 5.32 Å². The average Bonchev–Trinajstić information content (AvgIpc) is 2.35. The van der Waals surface area contributed by atoms with Gasteiger partial charge >= 0.3 is 12.1 Å². The first-order valence-corrected chi connectivity index (χ1v) is 6.48. The van der Waals surface area contributed by atoms with Crippen LogP contribution in [0.5, 0.6) is 0 Å². The third-order valence-electron chi connectivity index (χ3n) is 2.62. The SMILES string of the molecule is CC(C)(C)CC(NC(=O)OCc1ccccc1)C(=O)O. The number of carboxylic acids is 1. The Labute approximate surface area is 118 Å². The Hall–Kier alpha value is -2.04. The molecule has 2 N–H and O–H groups in total. The smallest absolute Gasteiger partial charge is 0.408 e. The van der Waals surface area contributed by atoms with E-state index >= 15 is 0 Å². The number of alkyl carbamates (subject to hydrolysis) is 1. The molecule has 0 radical (unpaired) electrons. The summed E-state index contributed by atoms with van der Waals surface area (Å²) in [5.41, 5.74) is 0.654. The van der Waals surface area contributed by atoms with Gasteiger partial charge in [0, 0.05) is 0 Å². The number of nitrogens with one attached hydrogen (secondary N) is 1. The zero-order chi connectivity index (χ0) is 15.2. The van der Waals surface area contributed by atoms with Crippen molar-refractivity contribution in [2.45, 2.75) is 39.8 Å². The van der Waals surface area contributed by atoms with Crippen molar-refractivity contribution in [1.82, 2.24) is 5.32 Å². The van der Waals surface area contributed by atoms with Crippen molar-refractivity contribution in [1.29, 1.82) is 0 Å². The van der Waals surface area contributed by atoms with E-state index in [9.17, 15) is 9.59 Å². The fourth-order valence-electron chi connectivity index (χ4n) is 1.72. The van der Waals surface area contributed by atoms with Gasteiger partial charge in [-0.3, -0.25) is 0 Å². The summed E-state index contributed by atoms with van der Waals surface area (Å²) in [6.07, 6.45) is -0.381. The second-order valence-electron chi connectivity index (χ2n) is 5.86. The summed E-state index contributed by atoms with van der Waals surface area (Å²) < 4.78 is 5.01. The summed E-state index contributed by atoms with van der Waals surface area (Å²) in [6.45, 7) is 5.87. The molecule has 0 aromatic heterocycles. The van der Waals surface area contributed by atoms with Crippen molar-refractivity contribution >= 4 is 12.1 Å². The topological polar surface area (TPSA) is 75.6 Å². The lowest BCUT2D eigenvalue weighted by Crippen LogP contribution is -2.43. The number of rotatable bonds is 5. The van der Waals surface area contributed by atoms with Crippen LogP contribution in [0.15, 0.2) is 30.3 Å². The molecule has 0 aliphatic rings. The van der Waals surface area contributed by atoms with Gasteiger partial charge in [-0.15, -0.1) is 0 Å². The van der Waals surface area contributed by atoms with Crippen LogP contribution in [0.2, 0.25) is 0 Å². The molecule has 110 valence electrons. The van der Waals surface area contributed by atoms with Crippen LogP contribution < -0.4 is 5.32 Å². The minimum absolute atomic E-state index is 0.120. The van der Waals surface area contributed by atoms with E-state index in [1.54, 1.807) is 0 Å². The van der Waals surface area contributed by atoms with Gasteiger partial charge in [0.25, 0.3) is 0 Å². The summed E-state index contributed by atoms with van der Waals surface area (Å²) in [5, 5.41) is 11.5. The Bertz CT molecular complexity index is 451. The largest absolute Gasteiger partial charge is 0.480 e. The van der Waals surface area contributed by atoms with Gasteiger partial charge in [-0.25, -0.2) is 9.59 Å². The molecule has 0 spiro atoms. The van der Waals surface area contributed by atoms with E-state index in [0.717, 1.165) is 5.56 Å². The van der Waals surface area contributed by atoms with Gasteiger partial charge in [0.2, 0.25) is 0 Å². The third-order valence-corrected chi connectivity index (χ3v) is 2.62. The number of amides is 1. The van der Waals surface area contributed by atoms with Crippen molar-refractivity contribution in [3.63, 3.8) is 0 Å². The zero-order valence-corrected chi connectivity index (χ0v) is 12.1. The van der Waals surface area contributed by atoms with Crippen molar-refractivity contribution in [2.75, 3.05) is 0 Å². The van der Waals surface area contributed by atoms with Crippen molar-refractivity contribution in [2.24, 2.45) is 5.41 Å². The second kappa shape index (κ2) is 6.93. The average molecular weight is 279 g/mol. The lowest BCUT2D eigenvalue weighted by atomic mass is 9.88. The monoisotopic (exact) mass is 279 g/mol. The number of hydrogen-bond donors (Lipinski definition) is 2. The minimum atomic E-state index is -1.06. The predicted octanol–water partition coefficient (Wildman–Crippen LogP) is 2.80. The summed E-state index contributed by atoms with van der Waals surface area (Å²) in [6, 6.07) is 8.27. The molecule has 5 nitrogen and oxygen atoms in total. The van der Waals surface area contributed by atoms with Crippen molar-refractivity contribution < 1.29 is 19.4 Å². The molecule has 1 rings (SSSR count). The normalized spacial score (nSPS) is 12.6. The highest BCUT2D eigenvalue weighted by atomic mass is 16.5. The fraction of sp³-hybridized carbons (Fsp3) is 0.467. The van der Waals surface area contributed by atoms with Crippen molar-refractivity contribution in [3.05, 3.63) is 35.9 Å². The van der Waals surface area contributed by atoms with Crippen LogP contribution in [0.4, 0.5) is 4.79 Å². The number of carbonyl (C=O) groups is 2. The van der Waals surface area contributed by atoms with Gasteiger partial charge in [0.15, 0.2) is 0 Å². The lowest BCUT2D eigenvalue weighted by molar-refractivity contribution is -0.140. The van der Waals surface area contributed by atoms with Gasteiger partial charge < -0.3 is 15.2 Å².